The fourth-order valence-corrected chi connectivity index (χ4v) is 4.65. The van der Waals surface area contributed by atoms with E-state index in [9.17, 15) is 29.1 Å². The number of carbonyl (C=O) groups excluding carboxylic acids is 4. The monoisotopic (exact) mass is 519 g/mol. The molecule has 0 bridgehead atoms. The molecule has 2 N–H and O–H groups in total. The maximum absolute atomic E-state index is 14.1. The second-order valence-corrected chi connectivity index (χ2v) is 8.84. The van der Waals surface area contributed by atoms with Gasteiger partial charge >= 0.3 is 11.9 Å². The number of ketones is 2. The average Bonchev–Trinajstić information content (AvgIpc) is 3.29. The fraction of sp³-hybridized carbons (Fsp3) is 0.0645. The molecule has 0 fully saturated rings. The van der Waals surface area contributed by atoms with Gasteiger partial charge in [-0.05, 0) is 29.3 Å². The van der Waals surface area contributed by atoms with Crippen molar-refractivity contribution in [3.05, 3.63) is 125 Å². The third kappa shape index (κ3) is 4.83. The number of rotatable bonds is 8. The van der Waals surface area contributed by atoms with E-state index in [1.54, 1.807) is 42.5 Å². The first-order valence-corrected chi connectivity index (χ1v) is 12.0. The molecular weight excluding hydrogens is 498 g/mol. The first-order valence-electron chi connectivity index (χ1n) is 12.0. The van der Waals surface area contributed by atoms with Gasteiger partial charge in [-0.3, -0.25) is 14.4 Å². The molecule has 1 aliphatic heterocycles. The molecule has 1 amide bonds. The van der Waals surface area contributed by atoms with E-state index in [-0.39, 0.29) is 22.4 Å². The lowest BCUT2D eigenvalue weighted by molar-refractivity contribution is -0.138. The first-order chi connectivity index (χ1) is 18.9. The van der Waals surface area contributed by atoms with Gasteiger partial charge in [0.2, 0.25) is 5.78 Å². The number of cyclic esters (lactones) is 1. The van der Waals surface area contributed by atoms with Crippen LogP contribution in [0, 0.1) is 5.92 Å². The van der Waals surface area contributed by atoms with Gasteiger partial charge in [0.05, 0.1) is 16.8 Å². The molecule has 192 valence electrons. The summed E-state index contributed by atoms with van der Waals surface area (Å²) in [6, 6.07) is 27.7. The SMILES string of the molecule is O=C(Nc1ccccc1C(=O)O)C(=O)[C@@H](C(=O)c1ccccc1-c1ccccc1)[C@H]1OC(=O)c2ccccc21. The summed E-state index contributed by atoms with van der Waals surface area (Å²) in [5, 5.41) is 11.8. The van der Waals surface area contributed by atoms with E-state index in [0.29, 0.717) is 11.1 Å². The van der Waals surface area contributed by atoms with E-state index < -0.39 is 41.4 Å². The highest BCUT2D eigenvalue weighted by Gasteiger charge is 2.46. The highest BCUT2D eigenvalue weighted by atomic mass is 16.5. The van der Waals surface area contributed by atoms with Crippen molar-refractivity contribution in [1.82, 2.24) is 0 Å². The van der Waals surface area contributed by atoms with Gasteiger partial charge < -0.3 is 15.2 Å². The van der Waals surface area contributed by atoms with Crippen molar-refractivity contribution < 1.29 is 33.8 Å². The van der Waals surface area contributed by atoms with Crippen LogP contribution < -0.4 is 5.32 Å². The molecule has 0 spiro atoms. The minimum absolute atomic E-state index is 0.108. The lowest BCUT2D eigenvalue weighted by Crippen LogP contribution is -2.38. The number of hydrogen-bond acceptors (Lipinski definition) is 6. The molecule has 0 aliphatic carbocycles. The summed E-state index contributed by atoms with van der Waals surface area (Å²) in [5.41, 5.74) is 1.59. The Balaban J connectivity index is 1.58. The van der Waals surface area contributed by atoms with Gasteiger partial charge in [0, 0.05) is 11.1 Å². The Kier molecular flexibility index (Phi) is 6.84. The quantitative estimate of drug-likeness (QED) is 0.146. The number of aromatic carboxylic acids is 1. The third-order valence-corrected chi connectivity index (χ3v) is 6.50. The summed E-state index contributed by atoms with van der Waals surface area (Å²) in [4.78, 5) is 65.3. The number of amides is 1. The molecule has 0 radical (unpaired) electrons. The molecule has 1 aliphatic rings. The minimum Gasteiger partial charge on any atom is -0.478 e. The van der Waals surface area contributed by atoms with Crippen LogP contribution in [0.5, 0.6) is 0 Å². The minimum atomic E-state index is -1.72. The number of anilines is 1. The van der Waals surface area contributed by atoms with Crippen LogP contribution in [0.2, 0.25) is 0 Å². The third-order valence-electron chi connectivity index (χ3n) is 6.50. The number of carboxylic acid groups (broad SMARTS) is 1. The lowest BCUT2D eigenvalue weighted by Gasteiger charge is -2.22. The number of para-hydroxylation sites is 1. The molecule has 39 heavy (non-hydrogen) atoms. The number of fused-ring (bicyclic) bond motifs is 1. The highest BCUT2D eigenvalue weighted by molar-refractivity contribution is 6.45. The Bertz CT molecular complexity index is 1630. The molecule has 5 rings (SSSR count). The van der Waals surface area contributed by atoms with Crippen molar-refractivity contribution in [3.8, 4) is 11.1 Å². The van der Waals surface area contributed by atoms with Gasteiger partial charge in [-0.25, -0.2) is 9.59 Å². The summed E-state index contributed by atoms with van der Waals surface area (Å²) < 4.78 is 5.51. The maximum Gasteiger partial charge on any atom is 0.339 e. The van der Waals surface area contributed by atoms with Crippen LogP contribution in [0.4, 0.5) is 5.69 Å². The summed E-state index contributed by atoms with van der Waals surface area (Å²) in [7, 11) is 0. The second-order valence-electron chi connectivity index (χ2n) is 8.84. The number of nitrogens with one attached hydrogen (secondary N) is 1. The van der Waals surface area contributed by atoms with Crippen LogP contribution >= 0.6 is 0 Å². The summed E-state index contributed by atoms with van der Waals surface area (Å²) in [6.45, 7) is 0. The zero-order chi connectivity index (χ0) is 27.5. The van der Waals surface area contributed by atoms with Gasteiger partial charge in [0.25, 0.3) is 5.91 Å². The van der Waals surface area contributed by atoms with Gasteiger partial charge in [-0.15, -0.1) is 0 Å². The van der Waals surface area contributed by atoms with Crippen molar-refractivity contribution >= 4 is 35.1 Å². The maximum atomic E-state index is 14.1. The largest absolute Gasteiger partial charge is 0.478 e. The van der Waals surface area contributed by atoms with Gasteiger partial charge in [0.1, 0.15) is 12.0 Å². The van der Waals surface area contributed by atoms with Crippen molar-refractivity contribution in [2.45, 2.75) is 6.10 Å². The number of hydrogen-bond donors (Lipinski definition) is 2. The zero-order valence-corrected chi connectivity index (χ0v) is 20.4. The number of esters is 1. The van der Waals surface area contributed by atoms with Gasteiger partial charge in [-0.1, -0.05) is 84.9 Å². The van der Waals surface area contributed by atoms with E-state index in [1.807, 2.05) is 30.3 Å². The van der Waals surface area contributed by atoms with Crippen molar-refractivity contribution in [3.63, 3.8) is 0 Å². The molecule has 8 nitrogen and oxygen atoms in total. The number of carboxylic acids is 1. The van der Waals surface area contributed by atoms with Crippen molar-refractivity contribution in [2.75, 3.05) is 5.32 Å². The van der Waals surface area contributed by atoms with Gasteiger partial charge in [0.15, 0.2) is 5.78 Å². The molecule has 0 unspecified atom stereocenters. The predicted molar refractivity (Wildman–Crippen MR) is 141 cm³/mol. The van der Waals surface area contributed by atoms with Crippen LogP contribution in [0.3, 0.4) is 0 Å². The molecule has 4 aromatic carbocycles. The van der Waals surface area contributed by atoms with E-state index in [0.717, 1.165) is 5.56 Å². The highest BCUT2D eigenvalue weighted by Crippen LogP contribution is 2.39. The normalized spacial score (nSPS) is 14.6. The van der Waals surface area contributed by atoms with E-state index in [2.05, 4.69) is 5.32 Å². The Labute approximate surface area is 222 Å². The fourth-order valence-electron chi connectivity index (χ4n) is 4.65. The summed E-state index contributed by atoms with van der Waals surface area (Å²) in [5.74, 6) is -6.83. The summed E-state index contributed by atoms with van der Waals surface area (Å²) in [6.07, 6.45) is -1.35. The van der Waals surface area contributed by atoms with E-state index >= 15 is 0 Å². The van der Waals surface area contributed by atoms with Gasteiger partial charge in [-0.2, -0.15) is 0 Å². The van der Waals surface area contributed by atoms with Crippen LogP contribution in [0.1, 0.15) is 42.7 Å². The Hall–Kier alpha value is -5.37. The molecule has 2 atom stereocenters. The predicted octanol–water partition coefficient (Wildman–Crippen LogP) is 4.97. The molecule has 8 heteroatoms. The average molecular weight is 520 g/mol. The first kappa shape index (κ1) is 25.3. The Morgan fingerprint density at radius 3 is 2.03 bits per heavy atom. The smallest absolute Gasteiger partial charge is 0.339 e. The van der Waals surface area contributed by atoms with Crippen molar-refractivity contribution in [2.24, 2.45) is 5.92 Å². The molecule has 1 heterocycles. The molecule has 4 aromatic rings. The number of Topliss-reactive ketones (excluding diaryl/α,β-unsaturated/α-hetero) is 2. The Morgan fingerprint density at radius 2 is 1.31 bits per heavy atom. The van der Waals surface area contributed by atoms with Crippen LogP contribution in [0.25, 0.3) is 11.1 Å². The second kappa shape index (κ2) is 10.5. The van der Waals surface area contributed by atoms with E-state index in [1.165, 1.54) is 30.3 Å². The summed E-state index contributed by atoms with van der Waals surface area (Å²) >= 11 is 0. The van der Waals surface area contributed by atoms with Crippen LogP contribution in [0.15, 0.2) is 103 Å². The molecule has 0 aromatic heterocycles. The topological polar surface area (TPSA) is 127 Å². The van der Waals surface area contributed by atoms with E-state index in [4.69, 9.17) is 4.74 Å². The number of carbonyl (C=O) groups is 5. The Morgan fingerprint density at radius 1 is 0.718 bits per heavy atom. The van der Waals surface area contributed by atoms with Crippen LogP contribution in [-0.2, 0) is 14.3 Å². The zero-order valence-electron chi connectivity index (χ0n) is 20.4. The lowest BCUT2D eigenvalue weighted by atomic mass is 9.82. The number of ether oxygens (including phenoxy) is 1. The standard InChI is InChI=1S/C31H21NO7/c33-26(20-13-5-4-12-19(20)18-10-2-1-3-11-18)25(28-21-14-6-7-15-22(21)31(38)39-28)27(34)29(35)32-24-17-9-8-16-23(24)30(36)37/h1-17,25,28H,(H,32,35)(H,36,37)/t25-,28+/m1/s1. The van der Waals surface area contributed by atoms with Crippen molar-refractivity contribution in [1.29, 1.82) is 0 Å². The number of benzene rings is 4. The molecular formula is C31H21NO7. The van der Waals surface area contributed by atoms with Crippen LogP contribution in [-0.4, -0.2) is 34.5 Å². The molecule has 0 saturated heterocycles. The molecule has 0 saturated carbocycles.